The predicted molar refractivity (Wildman–Crippen MR) is 127 cm³/mol. The van der Waals surface area contributed by atoms with Gasteiger partial charge in [0.15, 0.2) is 0 Å². The first-order chi connectivity index (χ1) is 15.9. The number of nitrogens with one attached hydrogen (secondary N) is 2. The third-order valence-electron chi connectivity index (χ3n) is 5.60. The molecule has 1 amide bonds. The minimum Gasteiger partial charge on any atom is -0.329 e. The third kappa shape index (κ3) is 3.70. The zero-order chi connectivity index (χ0) is 23.1. The molecule has 1 atom stereocenters. The van der Waals surface area contributed by atoms with Crippen LogP contribution in [0.5, 0.6) is 0 Å². The summed E-state index contributed by atoms with van der Waals surface area (Å²) in [5, 5.41) is 17.9. The van der Waals surface area contributed by atoms with Crippen LogP contribution >= 0.6 is 11.6 Å². The molecule has 9 heteroatoms. The minimum absolute atomic E-state index is 0.0173. The standard InChI is InChI=1S/C24H18ClN5O3/c1-14-21(23(31)27-17-10-8-16(25)9-11-17)22(15-6-12-18(13-7-15)30(32)33)29-20-5-3-2-4-19(20)28-24(29)26-14/h2-13,22H,1H3,(H,26,28)(H,27,31)/t22-/m1/s1. The second-order valence-corrected chi connectivity index (χ2v) is 8.11. The summed E-state index contributed by atoms with van der Waals surface area (Å²) in [6.07, 6.45) is 0. The lowest BCUT2D eigenvalue weighted by atomic mass is 9.94. The van der Waals surface area contributed by atoms with Gasteiger partial charge in [-0.05, 0) is 61.0 Å². The number of halogens is 1. The van der Waals surface area contributed by atoms with E-state index in [1.165, 1.54) is 12.1 Å². The zero-order valence-electron chi connectivity index (χ0n) is 17.4. The van der Waals surface area contributed by atoms with Crippen LogP contribution in [0.2, 0.25) is 5.02 Å². The normalized spacial score (nSPS) is 15.2. The van der Waals surface area contributed by atoms with E-state index in [4.69, 9.17) is 11.6 Å². The fourth-order valence-electron chi connectivity index (χ4n) is 4.08. The smallest absolute Gasteiger partial charge is 0.269 e. The number of carbonyl (C=O) groups is 1. The molecule has 3 aromatic carbocycles. The molecule has 5 rings (SSSR count). The highest BCUT2D eigenvalue weighted by Gasteiger charge is 2.34. The lowest BCUT2D eigenvalue weighted by Gasteiger charge is -2.30. The number of benzene rings is 3. The fourth-order valence-corrected chi connectivity index (χ4v) is 4.21. The molecule has 1 aliphatic heterocycles. The van der Waals surface area contributed by atoms with Crippen LogP contribution in [0, 0.1) is 10.1 Å². The molecule has 0 fully saturated rings. The number of aromatic nitrogens is 2. The molecule has 2 N–H and O–H groups in total. The van der Waals surface area contributed by atoms with Crippen LogP contribution in [0.15, 0.2) is 84.1 Å². The van der Waals surface area contributed by atoms with Crippen molar-refractivity contribution in [2.75, 3.05) is 10.6 Å². The highest BCUT2D eigenvalue weighted by atomic mass is 35.5. The van der Waals surface area contributed by atoms with E-state index in [0.29, 0.717) is 27.9 Å². The molecule has 0 unspecified atom stereocenters. The quantitative estimate of drug-likeness (QED) is 0.309. The number of carbonyl (C=O) groups excluding carboxylic acids is 1. The number of non-ortho nitro benzene ring substituents is 1. The highest BCUT2D eigenvalue weighted by molar-refractivity contribution is 6.30. The number of nitro groups is 1. The Balaban J connectivity index is 1.65. The van der Waals surface area contributed by atoms with Crippen LogP contribution < -0.4 is 10.6 Å². The van der Waals surface area contributed by atoms with Crippen LogP contribution in [0.4, 0.5) is 17.3 Å². The third-order valence-corrected chi connectivity index (χ3v) is 5.85. The van der Waals surface area contributed by atoms with Crippen molar-refractivity contribution >= 4 is 45.9 Å². The number of para-hydroxylation sites is 2. The first-order valence-electron chi connectivity index (χ1n) is 10.2. The Labute approximate surface area is 193 Å². The molecule has 1 aromatic heterocycles. The van der Waals surface area contributed by atoms with Crippen molar-refractivity contribution in [2.45, 2.75) is 13.0 Å². The van der Waals surface area contributed by atoms with E-state index in [-0.39, 0.29) is 11.6 Å². The molecule has 1 aliphatic rings. The van der Waals surface area contributed by atoms with Gasteiger partial charge in [-0.3, -0.25) is 19.5 Å². The first-order valence-corrected chi connectivity index (χ1v) is 10.6. The Hall–Kier alpha value is -4.17. The average molecular weight is 460 g/mol. The second-order valence-electron chi connectivity index (χ2n) is 7.67. The maximum Gasteiger partial charge on any atom is 0.269 e. The van der Waals surface area contributed by atoms with Crippen molar-refractivity contribution < 1.29 is 9.72 Å². The number of hydrogen-bond donors (Lipinski definition) is 2. The van der Waals surface area contributed by atoms with Gasteiger partial charge < -0.3 is 10.6 Å². The number of hydrogen-bond acceptors (Lipinski definition) is 5. The lowest BCUT2D eigenvalue weighted by Crippen LogP contribution is -2.30. The summed E-state index contributed by atoms with van der Waals surface area (Å²) in [4.78, 5) is 28.9. The molecule has 0 saturated heterocycles. The number of fused-ring (bicyclic) bond motifs is 3. The van der Waals surface area contributed by atoms with Gasteiger partial charge in [0.05, 0.1) is 27.6 Å². The molecule has 0 spiro atoms. The first kappa shape index (κ1) is 20.7. The van der Waals surface area contributed by atoms with Gasteiger partial charge in [0.25, 0.3) is 11.6 Å². The molecular weight excluding hydrogens is 442 g/mol. The van der Waals surface area contributed by atoms with E-state index in [9.17, 15) is 14.9 Å². The Morgan fingerprint density at radius 2 is 1.79 bits per heavy atom. The summed E-state index contributed by atoms with van der Waals surface area (Å²) < 4.78 is 1.94. The average Bonchev–Trinajstić information content (AvgIpc) is 3.17. The van der Waals surface area contributed by atoms with Gasteiger partial charge >= 0.3 is 0 Å². The molecule has 0 bridgehead atoms. The summed E-state index contributed by atoms with van der Waals surface area (Å²) in [7, 11) is 0. The summed E-state index contributed by atoms with van der Waals surface area (Å²) in [5.74, 6) is 0.300. The van der Waals surface area contributed by atoms with E-state index >= 15 is 0 Å². The fraction of sp³-hybridized carbons (Fsp3) is 0.0833. The molecule has 8 nitrogen and oxygen atoms in total. The van der Waals surface area contributed by atoms with Gasteiger partial charge in [-0.15, -0.1) is 0 Å². The lowest BCUT2D eigenvalue weighted by molar-refractivity contribution is -0.384. The minimum atomic E-state index is -0.540. The number of amides is 1. The number of rotatable bonds is 4. The SMILES string of the molecule is CC1=C(C(=O)Nc2ccc(Cl)cc2)[C@@H](c2ccc([N+](=O)[O-])cc2)n2c(nc3ccccc32)N1. The van der Waals surface area contributed by atoms with E-state index in [2.05, 4.69) is 15.6 Å². The van der Waals surface area contributed by atoms with E-state index in [1.54, 1.807) is 36.4 Å². The molecule has 164 valence electrons. The van der Waals surface area contributed by atoms with Crippen LogP contribution in [0.1, 0.15) is 18.5 Å². The Kier molecular flexibility index (Phi) is 5.07. The van der Waals surface area contributed by atoms with Gasteiger partial charge in [-0.1, -0.05) is 23.7 Å². The zero-order valence-corrected chi connectivity index (χ0v) is 18.2. The second kappa shape index (κ2) is 8.07. The molecule has 4 aromatic rings. The van der Waals surface area contributed by atoms with Crippen LogP contribution in [0.25, 0.3) is 11.0 Å². The Bertz CT molecular complexity index is 1430. The monoisotopic (exact) mass is 459 g/mol. The maximum absolute atomic E-state index is 13.5. The molecule has 0 radical (unpaired) electrons. The van der Waals surface area contributed by atoms with Crippen LogP contribution in [-0.4, -0.2) is 20.4 Å². The molecule has 2 heterocycles. The van der Waals surface area contributed by atoms with Gasteiger partial charge in [-0.25, -0.2) is 4.98 Å². The van der Waals surface area contributed by atoms with Crippen molar-refractivity contribution in [3.05, 3.63) is 105 Å². The van der Waals surface area contributed by atoms with Crippen LogP contribution in [0.3, 0.4) is 0 Å². The number of nitrogens with zero attached hydrogens (tertiary/aromatic N) is 3. The predicted octanol–water partition coefficient (Wildman–Crippen LogP) is 5.53. The topological polar surface area (TPSA) is 102 Å². The van der Waals surface area contributed by atoms with Crippen molar-refractivity contribution in [3.8, 4) is 0 Å². The van der Waals surface area contributed by atoms with Gasteiger partial charge in [0.1, 0.15) is 0 Å². The number of allylic oxidation sites excluding steroid dienone is 1. The van der Waals surface area contributed by atoms with Gasteiger partial charge in [-0.2, -0.15) is 0 Å². The maximum atomic E-state index is 13.5. The van der Waals surface area contributed by atoms with E-state index in [0.717, 1.165) is 16.6 Å². The summed E-state index contributed by atoms with van der Waals surface area (Å²) in [6, 6.07) is 20.2. The highest BCUT2D eigenvalue weighted by Crippen LogP contribution is 2.39. The summed E-state index contributed by atoms with van der Waals surface area (Å²) >= 11 is 5.97. The number of anilines is 2. The molecular formula is C24H18ClN5O3. The van der Waals surface area contributed by atoms with Crippen molar-refractivity contribution in [3.63, 3.8) is 0 Å². The van der Waals surface area contributed by atoms with Crippen molar-refractivity contribution in [1.29, 1.82) is 0 Å². The van der Waals surface area contributed by atoms with Gasteiger partial charge in [0.2, 0.25) is 5.95 Å². The van der Waals surface area contributed by atoms with Gasteiger partial charge in [0, 0.05) is 28.5 Å². The number of imidazole rings is 1. The van der Waals surface area contributed by atoms with E-state index < -0.39 is 11.0 Å². The molecule has 0 saturated carbocycles. The largest absolute Gasteiger partial charge is 0.329 e. The van der Waals surface area contributed by atoms with E-state index in [1.807, 2.05) is 35.8 Å². The van der Waals surface area contributed by atoms with Crippen LogP contribution in [-0.2, 0) is 4.79 Å². The Morgan fingerprint density at radius 1 is 1.09 bits per heavy atom. The molecule has 33 heavy (non-hydrogen) atoms. The summed E-state index contributed by atoms with van der Waals surface area (Å²) in [6.45, 7) is 1.82. The molecule has 0 aliphatic carbocycles. The number of nitro benzene ring substituents is 1. The van der Waals surface area contributed by atoms with Crippen molar-refractivity contribution in [1.82, 2.24) is 9.55 Å². The Morgan fingerprint density at radius 3 is 2.48 bits per heavy atom. The summed E-state index contributed by atoms with van der Waals surface area (Å²) in [5.41, 5.74) is 4.06. The van der Waals surface area contributed by atoms with Crippen molar-refractivity contribution in [2.24, 2.45) is 0 Å².